The summed E-state index contributed by atoms with van der Waals surface area (Å²) < 4.78 is 1.45. The van der Waals surface area contributed by atoms with Crippen LogP contribution in [-0.4, -0.2) is 21.4 Å². The van der Waals surface area contributed by atoms with Gasteiger partial charge in [-0.25, -0.2) is 4.98 Å². The van der Waals surface area contributed by atoms with E-state index in [0.29, 0.717) is 23.2 Å². The first-order chi connectivity index (χ1) is 14.0. The molecule has 2 heterocycles. The number of aromatic nitrogens is 2. The zero-order chi connectivity index (χ0) is 20.5. The second-order valence-corrected chi connectivity index (χ2v) is 8.25. The van der Waals surface area contributed by atoms with Crippen molar-refractivity contribution in [1.29, 1.82) is 0 Å². The fraction of sp³-hybridized carbons (Fsp3) is 0.333. The van der Waals surface area contributed by atoms with Crippen LogP contribution in [0.15, 0.2) is 35.4 Å². The van der Waals surface area contributed by atoms with E-state index in [1.807, 2.05) is 6.92 Å². The van der Waals surface area contributed by atoms with Crippen molar-refractivity contribution in [1.82, 2.24) is 9.55 Å². The fourth-order valence-electron chi connectivity index (χ4n) is 3.79. The lowest BCUT2D eigenvalue weighted by Gasteiger charge is -2.18. The number of carbonyl (C=O) groups is 2. The maximum absolute atomic E-state index is 13.2. The van der Waals surface area contributed by atoms with Gasteiger partial charge in [-0.15, -0.1) is 11.3 Å². The van der Waals surface area contributed by atoms with Crippen LogP contribution < -0.4 is 16.2 Å². The van der Waals surface area contributed by atoms with Gasteiger partial charge < -0.3 is 10.6 Å². The number of nitrogens with zero attached hydrogens (tertiary/aromatic N) is 2. The van der Waals surface area contributed by atoms with E-state index in [1.54, 1.807) is 35.6 Å². The van der Waals surface area contributed by atoms with E-state index in [4.69, 9.17) is 0 Å². The van der Waals surface area contributed by atoms with Gasteiger partial charge in [0.1, 0.15) is 10.9 Å². The van der Waals surface area contributed by atoms with E-state index in [-0.39, 0.29) is 17.4 Å². The van der Waals surface area contributed by atoms with Gasteiger partial charge in [-0.1, -0.05) is 6.92 Å². The number of carbonyl (C=O) groups excluding carboxylic acids is 2. The molecular formula is C21H22N4O3S. The minimum absolute atomic E-state index is 0.141. The smallest absolute Gasteiger partial charge is 0.263 e. The van der Waals surface area contributed by atoms with Crippen molar-refractivity contribution in [2.24, 2.45) is 0 Å². The van der Waals surface area contributed by atoms with Gasteiger partial charge in [0, 0.05) is 23.2 Å². The molecule has 0 radical (unpaired) electrons. The molecule has 1 aliphatic carbocycles. The van der Waals surface area contributed by atoms with Crippen LogP contribution in [0.2, 0.25) is 0 Å². The normalized spacial score (nSPS) is 13.9. The number of hydrogen-bond acceptors (Lipinski definition) is 5. The van der Waals surface area contributed by atoms with Crippen LogP contribution in [0.4, 0.5) is 11.4 Å². The quantitative estimate of drug-likeness (QED) is 0.673. The van der Waals surface area contributed by atoms with Gasteiger partial charge in [-0.3, -0.25) is 19.0 Å². The Labute approximate surface area is 171 Å². The monoisotopic (exact) mass is 410 g/mol. The van der Waals surface area contributed by atoms with Gasteiger partial charge in [0.15, 0.2) is 0 Å². The van der Waals surface area contributed by atoms with Crippen molar-refractivity contribution >= 4 is 44.7 Å². The number of aryl methyl sites for hydroxylation is 2. The number of hydrogen-bond donors (Lipinski definition) is 2. The van der Waals surface area contributed by atoms with E-state index in [2.05, 4.69) is 15.6 Å². The Morgan fingerprint density at radius 2 is 1.86 bits per heavy atom. The molecule has 1 aliphatic rings. The average molecular weight is 410 g/mol. The molecule has 0 saturated carbocycles. The lowest BCUT2D eigenvalue weighted by molar-refractivity contribution is -0.119. The maximum Gasteiger partial charge on any atom is 0.263 e. The largest absolute Gasteiger partial charge is 0.326 e. The standard InChI is InChI=1S/C21H22N4O3S/c1-3-16(19(27)24-14-9-7-13(8-10-14)23-12(2)26)25-11-22-20-18(21(25)28)15-5-4-6-17(15)29-20/h7-11,16H,3-6H2,1-2H3,(H,23,26)(H,24,27). The maximum atomic E-state index is 13.2. The molecule has 7 nitrogen and oxygen atoms in total. The van der Waals surface area contributed by atoms with E-state index >= 15 is 0 Å². The Kier molecular flexibility index (Phi) is 5.19. The van der Waals surface area contributed by atoms with Crippen LogP contribution >= 0.6 is 11.3 Å². The third-order valence-electron chi connectivity index (χ3n) is 5.15. The van der Waals surface area contributed by atoms with E-state index in [9.17, 15) is 14.4 Å². The summed E-state index contributed by atoms with van der Waals surface area (Å²) in [5.74, 6) is -0.426. The zero-order valence-electron chi connectivity index (χ0n) is 16.3. The van der Waals surface area contributed by atoms with Crippen molar-refractivity contribution in [3.05, 3.63) is 51.4 Å². The first-order valence-corrected chi connectivity index (χ1v) is 10.5. The minimum Gasteiger partial charge on any atom is -0.326 e. The Balaban J connectivity index is 1.60. The lowest BCUT2D eigenvalue weighted by atomic mass is 10.1. The minimum atomic E-state index is -0.647. The highest BCUT2D eigenvalue weighted by molar-refractivity contribution is 7.18. The summed E-state index contributed by atoms with van der Waals surface area (Å²) in [6.07, 6.45) is 4.93. The summed E-state index contributed by atoms with van der Waals surface area (Å²) in [4.78, 5) is 43.7. The molecule has 0 saturated heterocycles. The summed E-state index contributed by atoms with van der Waals surface area (Å²) in [5, 5.41) is 6.22. The Bertz CT molecular complexity index is 1150. The van der Waals surface area contributed by atoms with Crippen molar-refractivity contribution in [2.45, 2.75) is 45.6 Å². The van der Waals surface area contributed by atoms with Crippen LogP contribution in [0, 0.1) is 0 Å². The molecule has 1 aromatic carbocycles. The molecule has 1 unspecified atom stereocenters. The summed E-state index contributed by atoms with van der Waals surface area (Å²) in [6, 6.07) is 6.21. The van der Waals surface area contributed by atoms with Crippen LogP contribution in [0.3, 0.4) is 0 Å². The molecule has 2 aromatic heterocycles. The van der Waals surface area contributed by atoms with Crippen molar-refractivity contribution in [3.63, 3.8) is 0 Å². The Morgan fingerprint density at radius 3 is 2.52 bits per heavy atom. The van der Waals surface area contributed by atoms with Crippen LogP contribution in [0.5, 0.6) is 0 Å². The summed E-state index contributed by atoms with van der Waals surface area (Å²) in [6.45, 7) is 3.31. The van der Waals surface area contributed by atoms with E-state index in [0.717, 1.165) is 29.7 Å². The highest BCUT2D eigenvalue weighted by atomic mass is 32.1. The highest BCUT2D eigenvalue weighted by Crippen LogP contribution is 2.34. The predicted molar refractivity (Wildman–Crippen MR) is 115 cm³/mol. The molecule has 3 aromatic rings. The lowest BCUT2D eigenvalue weighted by Crippen LogP contribution is -2.33. The number of nitrogens with one attached hydrogen (secondary N) is 2. The van der Waals surface area contributed by atoms with Gasteiger partial charge in [0.2, 0.25) is 11.8 Å². The predicted octanol–water partition coefficient (Wildman–Crippen LogP) is 3.49. The van der Waals surface area contributed by atoms with E-state index in [1.165, 1.54) is 22.7 Å². The van der Waals surface area contributed by atoms with Crippen molar-refractivity contribution < 1.29 is 9.59 Å². The Hall–Kier alpha value is -3.00. The summed E-state index contributed by atoms with van der Waals surface area (Å²) in [7, 11) is 0. The Morgan fingerprint density at radius 1 is 1.17 bits per heavy atom. The number of fused-ring (bicyclic) bond motifs is 3. The molecule has 2 amide bonds. The van der Waals surface area contributed by atoms with Gasteiger partial charge in [-0.2, -0.15) is 0 Å². The molecule has 0 bridgehead atoms. The molecule has 8 heteroatoms. The van der Waals surface area contributed by atoms with Crippen LogP contribution in [0.25, 0.3) is 10.2 Å². The topological polar surface area (TPSA) is 93.1 Å². The second-order valence-electron chi connectivity index (χ2n) is 7.17. The zero-order valence-corrected chi connectivity index (χ0v) is 17.1. The van der Waals surface area contributed by atoms with E-state index < -0.39 is 6.04 Å². The molecule has 0 fully saturated rings. The SMILES string of the molecule is CCC(C(=O)Nc1ccc(NC(C)=O)cc1)n1cnc2sc3c(c2c1=O)CCC3. The summed E-state index contributed by atoms with van der Waals surface area (Å²) in [5.41, 5.74) is 2.22. The van der Waals surface area contributed by atoms with Gasteiger partial charge in [-0.05, 0) is 55.5 Å². The molecule has 1 atom stereocenters. The third-order valence-corrected chi connectivity index (χ3v) is 6.35. The summed E-state index contributed by atoms with van der Waals surface area (Å²) >= 11 is 1.59. The average Bonchev–Trinajstić information content (AvgIpc) is 3.26. The molecule has 0 aliphatic heterocycles. The van der Waals surface area contributed by atoms with Gasteiger partial charge in [0.25, 0.3) is 5.56 Å². The number of benzene rings is 1. The molecule has 0 spiro atoms. The number of rotatable bonds is 5. The first kappa shape index (κ1) is 19.3. The van der Waals surface area contributed by atoms with Gasteiger partial charge in [0.05, 0.1) is 11.7 Å². The van der Waals surface area contributed by atoms with Crippen molar-refractivity contribution in [3.8, 4) is 0 Å². The molecule has 150 valence electrons. The molecule has 2 N–H and O–H groups in total. The van der Waals surface area contributed by atoms with Crippen LogP contribution in [-0.2, 0) is 22.4 Å². The molecule has 29 heavy (non-hydrogen) atoms. The number of anilines is 2. The highest BCUT2D eigenvalue weighted by Gasteiger charge is 2.25. The number of amides is 2. The third kappa shape index (κ3) is 3.67. The number of thiophene rings is 1. The molecule has 4 rings (SSSR count). The van der Waals surface area contributed by atoms with Crippen molar-refractivity contribution in [2.75, 3.05) is 10.6 Å². The molecular weight excluding hydrogens is 388 g/mol. The van der Waals surface area contributed by atoms with Crippen LogP contribution in [0.1, 0.15) is 43.2 Å². The fourth-order valence-corrected chi connectivity index (χ4v) is 5.01. The second kappa shape index (κ2) is 7.79. The van der Waals surface area contributed by atoms with Gasteiger partial charge >= 0.3 is 0 Å². The first-order valence-electron chi connectivity index (χ1n) is 9.67.